The zero-order valence-electron chi connectivity index (χ0n) is 20.3. The van der Waals surface area contributed by atoms with Crippen molar-refractivity contribution in [3.8, 4) is 22.9 Å². The fraction of sp³-hybridized carbons (Fsp3) is 0.250. The zero-order valence-corrected chi connectivity index (χ0v) is 20.3. The van der Waals surface area contributed by atoms with Crippen LogP contribution in [0.5, 0.6) is 17.2 Å². The van der Waals surface area contributed by atoms with Gasteiger partial charge in [-0.1, -0.05) is 12.6 Å². The Morgan fingerprint density at radius 2 is 1.86 bits per heavy atom. The lowest BCUT2D eigenvalue weighted by Gasteiger charge is -2.15. The lowest BCUT2D eigenvalue weighted by Crippen LogP contribution is -2.31. The minimum atomic E-state index is -0.164. The minimum absolute atomic E-state index is 0.0734. The van der Waals surface area contributed by atoms with E-state index in [9.17, 15) is 9.59 Å². The molecule has 2 aromatic carbocycles. The van der Waals surface area contributed by atoms with Gasteiger partial charge in [-0.05, 0) is 68.8 Å². The van der Waals surface area contributed by atoms with Crippen LogP contribution in [0.4, 0.5) is 0 Å². The van der Waals surface area contributed by atoms with E-state index in [1.54, 1.807) is 26.4 Å². The molecule has 0 spiro atoms. The second kappa shape index (κ2) is 9.73. The average molecular weight is 485 g/mol. The highest BCUT2D eigenvalue weighted by molar-refractivity contribution is 5.87. The molecule has 0 unspecified atom stereocenters. The van der Waals surface area contributed by atoms with Gasteiger partial charge in [0.05, 0.1) is 35.1 Å². The lowest BCUT2D eigenvalue weighted by molar-refractivity contribution is -0.125. The summed E-state index contributed by atoms with van der Waals surface area (Å²) in [5.74, 6) is 1.93. The van der Waals surface area contributed by atoms with E-state index in [-0.39, 0.29) is 23.7 Å². The normalized spacial score (nSPS) is 15.4. The molecule has 184 valence electrons. The van der Waals surface area contributed by atoms with Crippen molar-refractivity contribution in [2.24, 2.45) is 0 Å². The first-order chi connectivity index (χ1) is 17.4. The molecule has 0 N–H and O–H groups in total. The van der Waals surface area contributed by atoms with Gasteiger partial charge in [0.2, 0.25) is 5.91 Å². The van der Waals surface area contributed by atoms with Gasteiger partial charge in [0, 0.05) is 25.4 Å². The Balaban J connectivity index is 1.44. The molecular formula is C28H28N4O4. The SMILES string of the molecule is C=CC(=O)N1CC[C@@H](n2c(=O)n(-c3ccc(Oc4cccc(OC(C)C)c4)cc3)c3cnccc32)C1. The predicted octanol–water partition coefficient (Wildman–Crippen LogP) is 4.73. The molecule has 1 fully saturated rings. The van der Waals surface area contributed by atoms with Gasteiger partial charge in [-0.3, -0.25) is 18.9 Å². The van der Waals surface area contributed by atoms with Crippen LogP contribution in [0.25, 0.3) is 16.7 Å². The summed E-state index contributed by atoms with van der Waals surface area (Å²) < 4.78 is 15.2. The molecule has 1 aliphatic rings. The Morgan fingerprint density at radius 3 is 2.61 bits per heavy atom. The van der Waals surface area contributed by atoms with Crippen LogP contribution in [0.15, 0.2) is 84.4 Å². The largest absolute Gasteiger partial charge is 0.491 e. The van der Waals surface area contributed by atoms with Gasteiger partial charge in [0.25, 0.3) is 0 Å². The van der Waals surface area contributed by atoms with Gasteiger partial charge >= 0.3 is 5.69 Å². The number of carbonyl (C=O) groups is 1. The van der Waals surface area contributed by atoms with Crippen LogP contribution in [0.3, 0.4) is 0 Å². The van der Waals surface area contributed by atoms with Crippen molar-refractivity contribution in [1.82, 2.24) is 19.0 Å². The van der Waals surface area contributed by atoms with E-state index in [4.69, 9.17) is 9.47 Å². The molecule has 1 atom stereocenters. The van der Waals surface area contributed by atoms with E-state index in [0.717, 1.165) is 11.3 Å². The summed E-state index contributed by atoms with van der Waals surface area (Å²) in [6.45, 7) is 8.59. The molecule has 0 radical (unpaired) electrons. The van der Waals surface area contributed by atoms with E-state index in [1.165, 1.54) is 6.08 Å². The highest BCUT2D eigenvalue weighted by Crippen LogP contribution is 2.29. The minimum Gasteiger partial charge on any atom is -0.491 e. The van der Waals surface area contributed by atoms with Crippen molar-refractivity contribution in [2.45, 2.75) is 32.4 Å². The van der Waals surface area contributed by atoms with Crippen LogP contribution in [0, 0.1) is 0 Å². The Hall–Kier alpha value is -4.33. The fourth-order valence-corrected chi connectivity index (χ4v) is 4.64. The summed E-state index contributed by atoms with van der Waals surface area (Å²) in [6, 6.07) is 16.6. The van der Waals surface area contributed by atoms with Gasteiger partial charge < -0.3 is 14.4 Å². The highest BCUT2D eigenvalue weighted by atomic mass is 16.5. The summed E-state index contributed by atoms with van der Waals surface area (Å²) in [7, 11) is 0. The fourth-order valence-electron chi connectivity index (χ4n) is 4.64. The molecule has 1 saturated heterocycles. The number of fused-ring (bicyclic) bond motifs is 1. The van der Waals surface area contributed by atoms with E-state index in [1.807, 2.05) is 68.4 Å². The quantitative estimate of drug-likeness (QED) is 0.355. The molecular weight excluding hydrogens is 456 g/mol. The number of hydrogen-bond acceptors (Lipinski definition) is 5. The number of rotatable bonds is 7. The van der Waals surface area contributed by atoms with E-state index >= 15 is 0 Å². The zero-order chi connectivity index (χ0) is 25.2. The Bertz CT molecular complexity index is 1470. The van der Waals surface area contributed by atoms with Crippen LogP contribution in [-0.4, -0.2) is 44.1 Å². The van der Waals surface area contributed by atoms with Crippen molar-refractivity contribution in [3.63, 3.8) is 0 Å². The number of aromatic nitrogens is 3. The summed E-state index contributed by atoms with van der Waals surface area (Å²) >= 11 is 0. The monoisotopic (exact) mass is 484 g/mol. The number of nitrogens with zero attached hydrogens (tertiary/aromatic N) is 4. The topological polar surface area (TPSA) is 78.6 Å². The molecule has 0 saturated carbocycles. The lowest BCUT2D eigenvalue weighted by atomic mass is 10.2. The number of imidazole rings is 1. The van der Waals surface area contributed by atoms with E-state index < -0.39 is 0 Å². The summed E-state index contributed by atoms with van der Waals surface area (Å²) in [5.41, 5.74) is 2.04. The van der Waals surface area contributed by atoms with Crippen LogP contribution >= 0.6 is 0 Å². The molecule has 3 heterocycles. The molecule has 8 nitrogen and oxygen atoms in total. The standard InChI is InChI=1S/C28H28N4O4/c1-4-27(33)30-15-13-21(18-30)32-25-12-14-29-17-26(25)31(28(32)34)20-8-10-22(11-9-20)36-24-7-5-6-23(16-24)35-19(2)3/h4-12,14,16-17,19,21H,1,13,15,18H2,2-3H3/t21-/m1/s1. The second-order valence-corrected chi connectivity index (χ2v) is 9.02. The van der Waals surface area contributed by atoms with Crippen molar-refractivity contribution in [1.29, 1.82) is 0 Å². The first kappa shape index (κ1) is 23.4. The third-order valence-corrected chi connectivity index (χ3v) is 6.20. The van der Waals surface area contributed by atoms with Gasteiger partial charge in [-0.15, -0.1) is 0 Å². The number of benzene rings is 2. The van der Waals surface area contributed by atoms with Crippen molar-refractivity contribution >= 4 is 16.9 Å². The van der Waals surface area contributed by atoms with Gasteiger partial charge in [0.15, 0.2) is 0 Å². The van der Waals surface area contributed by atoms with Crippen molar-refractivity contribution in [2.75, 3.05) is 13.1 Å². The van der Waals surface area contributed by atoms with Crippen LogP contribution in [0.1, 0.15) is 26.3 Å². The maximum atomic E-state index is 13.7. The Morgan fingerprint density at radius 1 is 1.08 bits per heavy atom. The number of carbonyl (C=O) groups excluding carboxylic acids is 1. The van der Waals surface area contributed by atoms with Crippen LogP contribution < -0.4 is 15.2 Å². The second-order valence-electron chi connectivity index (χ2n) is 9.02. The average Bonchev–Trinajstić information content (AvgIpc) is 3.46. The smallest absolute Gasteiger partial charge is 0.334 e. The Kier molecular flexibility index (Phi) is 6.33. The summed E-state index contributed by atoms with van der Waals surface area (Å²) in [5, 5.41) is 0. The molecule has 2 aromatic heterocycles. The van der Waals surface area contributed by atoms with Crippen LogP contribution in [-0.2, 0) is 4.79 Å². The van der Waals surface area contributed by atoms with Gasteiger partial charge in [-0.25, -0.2) is 4.79 Å². The summed E-state index contributed by atoms with van der Waals surface area (Å²) in [6.07, 6.45) is 5.46. The van der Waals surface area contributed by atoms with Crippen molar-refractivity contribution < 1.29 is 14.3 Å². The van der Waals surface area contributed by atoms with E-state index in [0.29, 0.717) is 42.2 Å². The summed E-state index contributed by atoms with van der Waals surface area (Å²) in [4.78, 5) is 31.7. The molecule has 36 heavy (non-hydrogen) atoms. The number of amides is 1. The molecule has 5 rings (SSSR count). The Labute approximate surface area is 209 Å². The van der Waals surface area contributed by atoms with E-state index in [2.05, 4.69) is 11.6 Å². The molecule has 8 heteroatoms. The first-order valence-electron chi connectivity index (χ1n) is 12.0. The molecule has 4 aromatic rings. The molecule has 1 amide bonds. The molecule has 0 aliphatic carbocycles. The number of hydrogen-bond donors (Lipinski definition) is 0. The molecule has 1 aliphatic heterocycles. The maximum Gasteiger partial charge on any atom is 0.334 e. The predicted molar refractivity (Wildman–Crippen MR) is 138 cm³/mol. The number of ether oxygens (including phenoxy) is 2. The third-order valence-electron chi connectivity index (χ3n) is 6.20. The molecule has 0 bridgehead atoms. The van der Waals surface area contributed by atoms with Gasteiger partial charge in [-0.2, -0.15) is 0 Å². The first-order valence-corrected chi connectivity index (χ1v) is 12.0. The number of pyridine rings is 1. The van der Waals surface area contributed by atoms with Crippen LogP contribution in [0.2, 0.25) is 0 Å². The maximum absolute atomic E-state index is 13.7. The number of likely N-dealkylation sites (tertiary alicyclic amines) is 1. The highest BCUT2D eigenvalue weighted by Gasteiger charge is 2.29. The third kappa shape index (κ3) is 4.49. The van der Waals surface area contributed by atoms with Crippen molar-refractivity contribution in [3.05, 3.63) is 90.1 Å². The van der Waals surface area contributed by atoms with Gasteiger partial charge in [0.1, 0.15) is 17.2 Å².